The van der Waals surface area contributed by atoms with E-state index in [1.165, 1.54) is 0 Å². The number of nitrogens with zero attached hydrogens (tertiary/aromatic N) is 1. The molecule has 0 spiro atoms. The molecule has 7 nitrogen and oxygen atoms in total. The van der Waals surface area contributed by atoms with Crippen molar-refractivity contribution in [2.75, 3.05) is 27.9 Å². The number of fused-ring (bicyclic) bond motifs is 3. The van der Waals surface area contributed by atoms with Crippen molar-refractivity contribution in [3.63, 3.8) is 0 Å². The zero-order valence-electron chi connectivity index (χ0n) is 19.0. The van der Waals surface area contributed by atoms with E-state index in [0.717, 1.165) is 33.2 Å². The van der Waals surface area contributed by atoms with Crippen molar-refractivity contribution in [1.82, 2.24) is 10.4 Å². The van der Waals surface area contributed by atoms with E-state index in [1.54, 1.807) is 32.7 Å². The Kier molecular flexibility index (Phi) is 5.78. The minimum Gasteiger partial charge on any atom is -0.493 e. The number of benzene rings is 2. The van der Waals surface area contributed by atoms with Crippen LogP contribution in [0.1, 0.15) is 35.2 Å². The molecule has 172 valence electrons. The monoisotopic (exact) mass is 466 g/mol. The van der Waals surface area contributed by atoms with Gasteiger partial charge in [0.1, 0.15) is 0 Å². The van der Waals surface area contributed by atoms with E-state index in [4.69, 9.17) is 23.7 Å². The first-order valence-electron chi connectivity index (χ1n) is 10.7. The summed E-state index contributed by atoms with van der Waals surface area (Å²) in [7, 11) is 4.81. The number of methoxy groups -OCH3 is 3. The molecule has 2 atom stereocenters. The van der Waals surface area contributed by atoms with Crippen molar-refractivity contribution >= 4 is 17.0 Å². The molecule has 1 aromatic heterocycles. The quantitative estimate of drug-likeness (QED) is 0.516. The zero-order valence-corrected chi connectivity index (χ0v) is 19.8. The Morgan fingerprint density at radius 1 is 1.00 bits per heavy atom. The van der Waals surface area contributed by atoms with Crippen LogP contribution in [-0.2, 0) is 0 Å². The number of nitrogens with one attached hydrogen (secondary N) is 1. The van der Waals surface area contributed by atoms with Gasteiger partial charge in [-0.3, -0.25) is 0 Å². The number of para-hydroxylation sites is 1. The molecule has 3 aromatic rings. The molecule has 0 amide bonds. The Labute approximate surface area is 197 Å². The lowest BCUT2D eigenvalue weighted by atomic mass is 10.0. The van der Waals surface area contributed by atoms with E-state index in [9.17, 15) is 0 Å². The average molecular weight is 467 g/mol. The molecule has 5 rings (SSSR count). The second-order valence-electron chi connectivity index (χ2n) is 7.56. The minimum atomic E-state index is -0.466. The second-order valence-corrected chi connectivity index (χ2v) is 8.51. The number of thiophene rings is 1. The molecule has 2 unspecified atom stereocenters. The fraction of sp³-hybridized carbons (Fsp3) is 0.280. The molecule has 2 aliphatic rings. The van der Waals surface area contributed by atoms with E-state index >= 15 is 0 Å². The molecule has 0 bridgehead atoms. The van der Waals surface area contributed by atoms with Crippen LogP contribution in [0.15, 0.2) is 53.9 Å². The third-order valence-electron chi connectivity index (χ3n) is 5.74. The lowest BCUT2D eigenvalue weighted by Gasteiger charge is -2.39. The van der Waals surface area contributed by atoms with Gasteiger partial charge in [-0.15, -0.1) is 11.3 Å². The molecule has 33 heavy (non-hydrogen) atoms. The maximum Gasteiger partial charge on any atom is 0.203 e. The van der Waals surface area contributed by atoms with E-state index in [2.05, 4.69) is 34.0 Å². The van der Waals surface area contributed by atoms with Crippen molar-refractivity contribution in [2.24, 2.45) is 0 Å². The highest BCUT2D eigenvalue weighted by Crippen LogP contribution is 2.51. The van der Waals surface area contributed by atoms with Gasteiger partial charge in [-0.25, -0.2) is 0 Å². The summed E-state index contributed by atoms with van der Waals surface area (Å²) in [5.41, 5.74) is 6.52. The predicted octanol–water partition coefficient (Wildman–Crippen LogP) is 5.17. The average Bonchev–Trinajstić information content (AvgIpc) is 3.53. The van der Waals surface area contributed by atoms with Gasteiger partial charge in [0.25, 0.3) is 0 Å². The van der Waals surface area contributed by atoms with Crippen molar-refractivity contribution < 1.29 is 23.7 Å². The van der Waals surface area contributed by atoms with Gasteiger partial charge in [0.05, 0.1) is 44.6 Å². The molecule has 0 saturated carbocycles. The van der Waals surface area contributed by atoms with Gasteiger partial charge >= 0.3 is 0 Å². The molecule has 0 aliphatic carbocycles. The molecule has 0 saturated heterocycles. The van der Waals surface area contributed by atoms with Crippen molar-refractivity contribution in [3.8, 4) is 28.7 Å². The molecule has 1 N–H and O–H groups in total. The summed E-state index contributed by atoms with van der Waals surface area (Å²) in [6, 6.07) is 14.0. The second kappa shape index (κ2) is 8.88. The Balaban J connectivity index is 1.64. The van der Waals surface area contributed by atoms with Gasteiger partial charge in [0.2, 0.25) is 5.75 Å². The summed E-state index contributed by atoms with van der Waals surface area (Å²) in [5, 5.41) is 4.18. The third-order valence-corrected chi connectivity index (χ3v) is 6.65. The molecule has 2 aliphatic heterocycles. The van der Waals surface area contributed by atoms with E-state index < -0.39 is 6.23 Å². The first-order chi connectivity index (χ1) is 16.2. The SMILES string of the molecule is CCOc1cccc2c1OC(c1cc(OC)c(OC)c(OC)c1)N1NC(c3cccs3)=CC21. The fourth-order valence-electron chi connectivity index (χ4n) is 4.30. The van der Waals surface area contributed by atoms with Gasteiger partial charge in [0.15, 0.2) is 29.2 Å². The summed E-state index contributed by atoms with van der Waals surface area (Å²) in [5.74, 6) is 3.15. The number of hydrogen-bond acceptors (Lipinski definition) is 8. The van der Waals surface area contributed by atoms with Gasteiger partial charge in [0, 0.05) is 11.1 Å². The van der Waals surface area contributed by atoms with Gasteiger partial charge in [-0.2, -0.15) is 5.01 Å². The summed E-state index contributed by atoms with van der Waals surface area (Å²) >= 11 is 1.69. The lowest BCUT2D eigenvalue weighted by Crippen LogP contribution is -2.43. The first-order valence-corrected chi connectivity index (χ1v) is 11.6. The van der Waals surface area contributed by atoms with Crippen LogP contribution in [0.3, 0.4) is 0 Å². The Bertz CT molecular complexity index is 1150. The number of hydrazine groups is 1. The van der Waals surface area contributed by atoms with Gasteiger partial charge < -0.3 is 29.1 Å². The number of ether oxygens (including phenoxy) is 5. The summed E-state index contributed by atoms with van der Waals surface area (Å²) in [6.07, 6.45) is 1.76. The third kappa shape index (κ3) is 3.65. The topological polar surface area (TPSA) is 61.4 Å². The highest BCUT2D eigenvalue weighted by atomic mass is 32.1. The highest BCUT2D eigenvalue weighted by Gasteiger charge is 2.42. The molecular weight excluding hydrogens is 440 g/mol. The van der Waals surface area contributed by atoms with Gasteiger partial charge in [-0.05, 0) is 42.6 Å². The number of rotatable bonds is 7. The zero-order chi connectivity index (χ0) is 22.9. The standard InChI is InChI=1S/C25H26N2O5S/c1-5-31-19-9-6-8-16-18-14-17(22-10-7-11-33-22)26-27(18)25(32-23(16)19)15-12-20(28-2)24(30-4)21(13-15)29-3/h6-14,18,25-26H,5H2,1-4H3. The van der Waals surface area contributed by atoms with Crippen molar-refractivity contribution in [2.45, 2.75) is 19.2 Å². The molecule has 2 aromatic carbocycles. The van der Waals surface area contributed by atoms with Gasteiger partial charge in [-0.1, -0.05) is 18.2 Å². The van der Waals surface area contributed by atoms with Crippen LogP contribution in [0.25, 0.3) is 5.70 Å². The minimum absolute atomic E-state index is 0.0460. The Hall–Kier alpha value is -3.36. The van der Waals surface area contributed by atoms with Crippen LogP contribution in [-0.4, -0.2) is 32.9 Å². The maximum absolute atomic E-state index is 6.61. The Morgan fingerprint density at radius 2 is 1.79 bits per heavy atom. The van der Waals surface area contributed by atoms with Crippen LogP contribution in [0.2, 0.25) is 0 Å². The largest absolute Gasteiger partial charge is 0.493 e. The molecular formula is C25H26N2O5S. The summed E-state index contributed by atoms with van der Waals surface area (Å²) in [4.78, 5) is 1.16. The predicted molar refractivity (Wildman–Crippen MR) is 127 cm³/mol. The molecule has 8 heteroatoms. The highest BCUT2D eigenvalue weighted by molar-refractivity contribution is 7.11. The molecule has 0 radical (unpaired) electrons. The van der Waals surface area contributed by atoms with Crippen LogP contribution < -0.4 is 29.1 Å². The maximum atomic E-state index is 6.61. The van der Waals surface area contributed by atoms with E-state index in [0.29, 0.717) is 23.9 Å². The van der Waals surface area contributed by atoms with Crippen LogP contribution in [0.4, 0.5) is 0 Å². The summed E-state index contributed by atoms with van der Waals surface area (Å²) < 4.78 is 29.2. The lowest BCUT2D eigenvalue weighted by molar-refractivity contribution is -0.0347. The van der Waals surface area contributed by atoms with E-state index in [1.807, 2.05) is 37.3 Å². The van der Waals surface area contributed by atoms with Crippen LogP contribution in [0, 0.1) is 0 Å². The molecule has 0 fully saturated rings. The smallest absolute Gasteiger partial charge is 0.203 e. The first kappa shape index (κ1) is 21.5. The van der Waals surface area contributed by atoms with E-state index in [-0.39, 0.29) is 6.04 Å². The number of hydrogen-bond donors (Lipinski definition) is 1. The van der Waals surface area contributed by atoms with Crippen molar-refractivity contribution in [1.29, 1.82) is 0 Å². The van der Waals surface area contributed by atoms with Crippen LogP contribution in [0.5, 0.6) is 28.7 Å². The Morgan fingerprint density at radius 3 is 2.42 bits per heavy atom. The summed E-state index contributed by atoms with van der Waals surface area (Å²) in [6.45, 7) is 2.52. The van der Waals surface area contributed by atoms with Crippen LogP contribution >= 0.6 is 11.3 Å². The molecule has 3 heterocycles. The normalized spacial score (nSPS) is 19.0. The van der Waals surface area contributed by atoms with Crippen molar-refractivity contribution in [3.05, 3.63) is 69.9 Å². The fourth-order valence-corrected chi connectivity index (χ4v) is 5.00.